The summed E-state index contributed by atoms with van der Waals surface area (Å²) in [4.78, 5) is 39.0. The molecule has 4 amide bonds. The number of carbonyl (C=O) groups excluding carboxylic acids is 3. The number of amides is 4. The minimum atomic E-state index is -1.40. The third kappa shape index (κ3) is 3.24. The molecule has 2 aliphatic heterocycles. The van der Waals surface area contributed by atoms with Crippen molar-refractivity contribution in [3.8, 4) is 11.5 Å². The van der Waals surface area contributed by atoms with Crippen molar-refractivity contribution in [1.29, 1.82) is 0 Å². The van der Waals surface area contributed by atoms with E-state index in [1.165, 1.54) is 0 Å². The first-order chi connectivity index (χ1) is 14.9. The van der Waals surface area contributed by atoms with E-state index in [4.69, 9.17) is 13.9 Å². The number of urea groups is 1. The molecule has 2 aromatic carbocycles. The van der Waals surface area contributed by atoms with E-state index >= 15 is 0 Å². The van der Waals surface area contributed by atoms with Crippen molar-refractivity contribution in [2.45, 2.75) is 12.5 Å². The summed E-state index contributed by atoms with van der Waals surface area (Å²) in [5.74, 6) is 0.348. The monoisotopic (exact) mass is 421 g/mol. The number of nitrogens with one attached hydrogen (secondary N) is 2. The highest BCUT2D eigenvalue weighted by molar-refractivity contribution is 6.10. The Morgan fingerprint density at radius 3 is 2.68 bits per heavy atom. The number of imide groups is 1. The van der Waals surface area contributed by atoms with Crippen LogP contribution in [0.5, 0.6) is 11.5 Å². The van der Waals surface area contributed by atoms with Gasteiger partial charge >= 0.3 is 6.03 Å². The molecule has 0 bridgehead atoms. The van der Waals surface area contributed by atoms with E-state index in [9.17, 15) is 14.4 Å². The van der Waals surface area contributed by atoms with Crippen LogP contribution >= 0.6 is 0 Å². The second-order valence-electron chi connectivity index (χ2n) is 7.50. The molecule has 1 fully saturated rings. The van der Waals surface area contributed by atoms with Gasteiger partial charge in [-0.1, -0.05) is 18.2 Å². The number of nitrogens with zero attached hydrogens (tertiary/aromatic N) is 1. The number of anilines is 1. The highest BCUT2D eigenvalue weighted by Gasteiger charge is 2.51. The van der Waals surface area contributed by atoms with Crippen LogP contribution in [0.1, 0.15) is 12.7 Å². The average molecular weight is 421 g/mol. The first-order valence-electron chi connectivity index (χ1n) is 9.77. The average Bonchev–Trinajstić information content (AvgIpc) is 3.29. The van der Waals surface area contributed by atoms with E-state index in [2.05, 4.69) is 10.6 Å². The quantitative estimate of drug-likeness (QED) is 0.627. The summed E-state index contributed by atoms with van der Waals surface area (Å²) in [7, 11) is 0. The van der Waals surface area contributed by atoms with Crippen LogP contribution < -0.4 is 20.1 Å². The maximum Gasteiger partial charge on any atom is 0.325 e. The smallest absolute Gasteiger partial charge is 0.325 e. The van der Waals surface area contributed by atoms with Crippen LogP contribution in [-0.2, 0) is 15.1 Å². The SMILES string of the molecule is CC1(c2cc3ccccc3o2)NC(=O)N(CC(=O)Nc2ccc3c(c2)OCCO3)C1=O. The molecule has 1 atom stereocenters. The van der Waals surface area contributed by atoms with Crippen molar-refractivity contribution in [1.82, 2.24) is 10.2 Å². The van der Waals surface area contributed by atoms with Gasteiger partial charge in [-0.3, -0.25) is 14.5 Å². The minimum Gasteiger partial charge on any atom is -0.486 e. The van der Waals surface area contributed by atoms with Crippen LogP contribution in [0.15, 0.2) is 52.9 Å². The fraction of sp³-hybridized carbons (Fsp3) is 0.227. The Hall–Kier alpha value is -4.01. The van der Waals surface area contributed by atoms with Crippen LogP contribution in [0.4, 0.5) is 10.5 Å². The molecular weight excluding hydrogens is 402 g/mol. The molecule has 3 aromatic rings. The number of fused-ring (bicyclic) bond motifs is 2. The maximum atomic E-state index is 13.1. The Kier molecular flexibility index (Phi) is 4.32. The van der Waals surface area contributed by atoms with Gasteiger partial charge in [-0.25, -0.2) is 4.79 Å². The van der Waals surface area contributed by atoms with Gasteiger partial charge < -0.3 is 24.5 Å². The van der Waals surface area contributed by atoms with E-state index in [0.717, 1.165) is 10.3 Å². The van der Waals surface area contributed by atoms with E-state index in [1.54, 1.807) is 37.3 Å². The molecule has 158 valence electrons. The Balaban J connectivity index is 1.32. The van der Waals surface area contributed by atoms with Crippen LogP contribution in [0.3, 0.4) is 0 Å². The standard InChI is InChI=1S/C22H19N3O6/c1-22(18-10-13-4-2-3-5-15(13)31-18)20(27)25(21(28)24-22)12-19(26)23-14-6-7-16-17(11-14)30-9-8-29-16/h2-7,10-11H,8-9,12H2,1H3,(H,23,26)(H,24,28). The molecule has 3 heterocycles. The van der Waals surface area contributed by atoms with Gasteiger partial charge in [-0.2, -0.15) is 0 Å². The molecule has 31 heavy (non-hydrogen) atoms. The predicted molar refractivity (Wildman–Crippen MR) is 110 cm³/mol. The Morgan fingerprint density at radius 2 is 1.87 bits per heavy atom. The van der Waals surface area contributed by atoms with Crippen molar-refractivity contribution in [2.24, 2.45) is 0 Å². The lowest BCUT2D eigenvalue weighted by Crippen LogP contribution is -2.41. The zero-order valence-electron chi connectivity index (χ0n) is 16.6. The van der Waals surface area contributed by atoms with E-state index < -0.39 is 29.9 Å². The third-order valence-corrected chi connectivity index (χ3v) is 5.32. The van der Waals surface area contributed by atoms with Crippen molar-refractivity contribution in [3.05, 3.63) is 54.3 Å². The van der Waals surface area contributed by atoms with Crippen LogP contribution in [0, 0.1) is 0 Å². The summed E-state index contributed by atoms with van der Waals surface area (Å²) in [5.41, 5.74) is -0.315. The number of rotatable bonds is 4. The third-order valence-electron chi connectivity index (χ3n) is 5.32. The van der Waals surface area contributed by atoms with Gasteiger partial charge in [0.25, 0.3) is 5.91 Å². The van der Waals surface area contributed by atoms with Gasteiger partial charge in [-0.05, 0) is 31.2 Å². The zero-order chi connectivity index (χ0) is 21.6. The number of benzene rings is 2. The Labute approximate surface area is 176 Å². The number of hydrogen-bond acceptors (Lipinski definition) is 6. The molecule has 1 unspecified atom stereocenters. The maximum absolute atomic E-state index is 13.1. The molecular formula is C22H19N3O6. The molecule has 0 saturated carbocycles. The molecule has 9 nitrogen and oxygen atoms in total. The van der Waals surface area contributed by atoms with Crippen LogP contribution in [0.25, 0.3) is 11.0 Å². The second-order valence-corrected chi connectivity index (χ2v) is 7.50. The molecule has 0 aliphatic carbocycles. The van der Waals surface area contributed by atoms with Crippen molar-refractivity contribution in [2.75, 3.05) is 25.1 Å². The highest BCUT2D eigenvalue weighted by atomic mass is 16.6. The highest BCUT2D eigenvalue weighted by Crippen LogP contribution is 2.34. The largest absolute Gasteiger partial charge is 0.486 e. The molecule has 0 spiro atoms. The van der Waals surface area contributed by atoms with Gasteiger partial charge in [0.1, 0.15) is 31.1 Å². The Morgan fingerprint density at radius 1 is 1.10 bits per heavy atom. The predicted octanol–water partition coefficient (Wildman–Crippen LogP) is 2.61. The lowest BCUT2D eigenvalue weighted by atomic mass is 9.99. The number of para-hydroxylation sites is 1. The molecule has 0 radical (unpaired) electrons. The number of carbonyl (C=O) groups is 3. The van der Waals surface area contributed by atoms with Crippen molar-refractivity contribution in [3.63, 3.8) is 0 Å². The summed E-state index contributed by atoms with van der Waals surface area (Å²) in [6, 6.07) is 13.3. The van der Waals surface area contributed by atoms with E-state index in [1.807, 2.05) is 18.2 Å². The minimum absolute atomic E-state index is 0.307. The summed E-state index contributed by atoms with van der Waals surface area (Å²) in [6.07, 6.45) is 0. The molecule has 9 heteroatoms. The summed E-state index contributed by atoms with van der Waals surface area (Å²) in [6.45, 7) is 2.01. The van der Waals surface area contributed by atoms with E-state index in [-0.39, 0.29) is 0 Å². The van der Waals surface area contributed by atoms with Gasteiger partial charge in [0.2, 0.25) is 5.91 Å². The molecule has 1 saturated heterocycles. The normalized spacial score (nSPS) is 20.1. The molecule has 2 N–H and O–H groups in total. The summed E-state index contributed by atoms with van der Waals surface area (Å²) in [5, 5.41) is 6.14. The molecule has 5 rings (SSSR count). The van der Waals surface area contributed by atoms with Gasteiger partial charge in [-0.15, -0.1) is 0 Å². The first-order valence-corrected chi connectivity index (χ1v) is 9.77. The summed E-state index contributed by atoms with van der Waals surface area (Å²) >= 11 is 0. The number of ether oxygens (including phenoxy) is 2. The molecule has 1 aromatic heterocycles. The number of hydrogen-bond donors (Lipinski definition) is 2. The fourth-order valence-electron chi connectivity index (χ4n) is 3.70. The lowest BCUT2D eigenvalue weighted by molar-refractivity contribution is -0.134. The van der Waals surface area contributed by atoms with Gasteiger partial charge in [0, 0.05) is 17.1 Å². The Bertz CT molecular complexity index is 1190. The van der Waals surface area contributed by atoms with Crippen molar-refractivity contribution < 1.29 is 28.3 Å². The first kappa shape index (κ1) is 19.0. The van der Waals surface area contributed by atoms with Crippen LogP contribution in [0.2, 0.25) is 0 Å². The van der Waals surface area contributed by atoms with Crippen LogP contribution in [-0.4, -0.2) is 42.5 Å². The second kappa shape index (κ2) is 7.05. The fourth-order valence-corrected chi connectivity index (χ4v) is 3.70. The molecule has 2 aliphatic rings. The van der Waals surface area contributed by atoms with Gasteiger partial charge in [0.15, 0.2) is 17.0 Å². The van der Waals surface area contributed by atoms with E-state index in [0.29, 0.717) is 41.7 Å². The lowest BCUT2D eigenvalue weighted by Gasteiger charge is -2.20. The topological polar surface area (TPSA) is 110 Å². The van der Waals surface area contributed by atoms with Gasteiger partial charge in [0.05, 0.1) is 0 Å². The summed E-state index contributed by atoms with van der Waals surface area (Å²) < 4.78 is 16.7. The van der Waals surface area contributed by atoms with Crippen molar-refractivity contribution >= 4 is 34.5 Å². The zero-order valence-corrected chi connectivity index (χ0v) is 16.6. The number of furan rings is 1.